The number of hydrogen-bond acceptors (Lipinski definition) is 9. The minimum Gasteiger partial charge on any atom is -0.492 e. The van der Waals surface area contributed by atoms with E-state index < -0.39 is 17.7 Å². The zero-order chi connectivity index (χ0) is 41.2. The summed E-state index contributed by atoms with van der Waals surface area (Å²) in [5, 5.41) is 18.1. The van der Waals surface area contributed by atoms with Gasteiger partial charge in [0.25, 0.3) is 5.91 Å². The van der Waals surface area contributed by atoms with E-state index in [0.717, 1.165) is 90.7 Å². The maximum Gasteiger partial charge on any atom is 0.258 e. The molecule has 3 aliphatic heterocycles. The van der Waals surface area contributed by atoms with Crippen molar-refractivity contribution in [2.75, 3.05) is 68.1 Å². The van der Waals surface area contributed by atoms with E-state index in [1.54, 1.807) is 0 Å². The first kappa shape index (κ1) is 39.2. The Hall–Kier alpha value is -6.32. The molecule has 2 aromatic heterocycles. The SMILES string of the molecule is O=C1CCC(n2ccc3cc(OCCN4CCN(c5ccc(C(=O)Nc6n[nH]c7ccc(Cc8cc(F)cc(F)c8)cc67)c(NC6CCOCC6)c5)CC4)ccc32)C(=O)N1. The van der Waals surface area contributed by atoms with Gasteiger partial charge >= 0.3 is 0 Å². The molecule has 0 spiro atoms. The smallest absolute Gasteiger partial charge is 0.258 e. The van der Waals surface area contributed by atoms with E-state index in [1.165, 1.54) is 12.1 Å². The van der Waals surface area contributed by atoms with Crippen molar-refractivity contribution < 1.29 is 32.6 Å². The van der Waals surface area contributed by atoms with E-state index in [0.29, 0.717) is 61.4 Å². The van der Waals surface area contributed by atoms with Crippen LogP contribution in [0.5, 0.6) is 5.75 Å². The number of halogens is 2. The molecule has 15 heteroatoms. The molecule has 0 radical (unpaired) electrons. The fourth-order valence-corrected chi connectivity index (χ4v) is 8.47. The van der Waals surface area contributed by atoms with Crippen molar-refractivity contribution in [3.05, 3.63) is 113 Å². The number of H-pyrrole nitrogens is 1. The Morgan fingerprint density at radius 1 is 0.883 bits per heavy atom. The van der Waals surface area contributed by atoms with E-state index in [4.69, 9.17) is 9.47 Å². The van der Waals surface area contributed by atoms with Crippen molar-refractivity contribution in [3.63, 3.8) is 0 Å². The van der Waals surface area contributed by atoms with Crippen molar-refractivity contribution in [2.45, 2.75) is 44.2 Å². The number of nitrogens with one attached hydrogen (secondary N) is 4. The van der Waals surface area contributed by atoms with Gasteiger partial charge in [-0.15, -0.1) is 0 Å². The highest BCUT2D eigenvalue weighted by molar-refractivity contribution is 6.11. The van der Waals surface area contributed by atoms with E-state index in [-0.39, 0.29) is 23.8 Å². The number of ether oxygens (including phenoxy) is 2. The molecule has 3 fully saturated rings. The number of carbonyl (C=O) groups is 3. The molecule has 60 heavy (non-hydrogen) atoms. The van der Waals surface area contributed by atoms with Crippen molar-refractivity contribution in [3.8, 4) is 5.75 Å². The van der Waals surface area contributed by atoms with Gasteiger partial charge in [-0.1, -0.05) is 6.07 Å². The highest BCUT2D eigenvalue weighted by atomic mass is 19.1. The van der Waals surface area contributed by atoms with Crippen molar-refractivity contribution >= 4 is 56.7 Å². The van der Waals surface area contributed by atoms with Crippen LogP contribution in [0.4, 0.5) is 26.0 Å². The Kier molecular flexibility index (Phi) is 11.2. The number of nitrogens with zero attached hydrogens (tertiary/aromatic N) is 4. The number of benzene rings is 4. The van der Waals surface area contributed by atoms with Gasteiger partial charge < -0.3 is 29.6 Å². The summed E-state index contributed by atoms with van der Waals surface area (Å²) in [4.78, 5) is 42.8. The van der Waals surface area contributed by atoms with Crippen LogP contribution in [0.1, 0.15) is 53.2 Å². The van der Waals surface area contributed by atoms with Crippen LogP contribution in [-0.2, 0) is 20.7 Å². The molecule has 0 aliphatic carbocycles. The molecular formula is C45H46F2N8O5. The van der Waals surface area contributed by atoms with Gasteiger partial charge in [0.2, 0.25) is 11.8 Å². The average molecular weight is 817 g/mol. The number of piperazine rings is 1. The summed E-state index contributed by atoms with van der Waals surface area (Å²) in [5.41, 5.74) is 5.24. The minimum atomic E-state index is -0.628. The van der Waals surface area contributed by atoms with Crippen LogP contribution in [0.25, 0.3) is 21.8 Å². The van der Waals surface area contributed by atoms with Gasteiger partial charge in [-0.05, 0) is 104 Å². The molecule has 6 aromatic rings. The van der Waals surface area contributed by atoms with Crippen LogP contribution in [0, 0.1) is 11.6 Å². The second kappa shape index (κ2) is 17.1. The third-order valence-corrected chi connectivity index (χ3v) is 11.7. The van der Waals surface area contributed by atoms with Gasteiger partial charge in [0, 0.05) is 98.3 Å². The number of aromatic nitrogens is 3. The molecule has 9 rings (SSSR count). The number of fused-ring (bicyclic) bond motifs is 2. The summed E-state index contributed by atoms with van der Waals surface area (Å²) in [7, 11) is 0. The lowest BCUT2D eigenvalue weighted by atomic mass is 10.0. The van der Waals surface area contributed by atoms with Gasteiger partial charge in [0.05, 0.1) is 11.1 Å². The second-order valence-electron chi connectivity index (χ2n) is 15.7. The molecule has 5 heterocycles. The topological polar surface area (TPSA) is 146 Å². The molecule has 4 N–H and O–H groups in total. The molecule has 0 bridgehead atoms. The Labute approximate surface area is 345 Å². The van der Waals surface area contributed by atoms with Gasteiger partial charge in [-0.2, -0.15) is 5.10 Å². The number of piperidine rings is 1. The van der Waals surface area contributed by atoms with Crippen LogP contribution in [0.3, 0.4) is 0 Å². The van der Waals surface area contributed by atoms with Gasteiger partial charge in [-0.3, -0.25) is 29.7 Å². The summed E-state index contributed by atoms with van der Waals surface area (Å²) in [6.07, 6.45) is 4.68. The van der Waals surface area contributed by atoms with Crippen LogP contribution in [0.2, 0.25) is 0 Å². The number of amides is 3. The molecule has 3 aliphatic rings. The van der Waals surface area contributed by atoms with E-state index in [9.17, 15) is 23.2 Å². The number of rotatable bonds is 12. The molecule has 3 saturated heterocycles. The summed E-state index contributed by atoms with van der Waals surface area (Å²) in [5.74, 6) is -0.928. The zero-order valence-electron chi connectivity index (χ0n) is 33.0. The second-order valence-corrected chi connectivity index (χ2v) is 15.7. The largest absolute Gasteiger partial charge is 0.492 e. The predicted molar refractivity (Wildman–Crippen MR) is 225 cm³/mol. The highest BCUT2D eigenvalue weighted by Gasteiger charge is 2.29. The van der Waals surface area contributed by atoms with Gasteiger partial charge in [0.15, 0.2) is 5.82 Å². The third-order valence-electron chi connectivity index (χ3n) is 11.7. The zero-order valence-corrected chi connectivity index (χ0v) is 33.0. The van der Waals surface area contributed by atoms with Crippen molar-refractivity contribution in [1.82, 2.24) is 25.0 Å². The lowest BCUT2D eigenvalue weighted by Crippen LogP contribution is -2.47. The van der Waals surface area contributed by atoms with Crippen LogP contribution >= 0.6 is 0 Å². The van der Waals surface area contributed by atoms with Crippen molar-refractivity contribution in [1.29, 1.82) is 0 Å². The molecule has 3 amide bonds. The lowest BCUT2D eigenvalue weighted by Gasteiger charge is -2.36. The molecule has 13 nitrogen and oxygen atoms in total. The first-order valence-electron chi connectivity index (χ1n) is 20.5. The highest BCUT2D eigenvalue weighted by Crippen LogP contribution is 2.31. The molecule has 1 atom stereocenters. The van der Waals surface area contributed by atoms with Crippen LogP contribution < -0.4 is 25.6 Å². The van der Waals surface area contributed by atoms with Gasteiger partial charge in [-0.25, -0.2) is 8.78 Å². The number of anilines is 3. The van der Waals surface area contributed by atoms with Crippen molar-refractivity contribution in [2.24, 2.45) is 0 Å². The number of hydrogen-bond donors (Lipinski definition) is 4. The summed E-state index contributed by atoms with van der Waals surface area (Å²) >= 11 is 0. The maximum absolute atomic E-state index is 14.0. The molecule has 310 valence electrons. The Balaban J connectivity index is 0.831. The Bertz CT molecular complexity index is 2540. The molecule has 4 aromatic carbocycles. The summed E-state index contributed by atoms with van der Waals surface area (Å²) in [6.45, 7) is 5.93. The molecular weight excluding hydrogens is 771 g/mol. The van der Waals surface area contributed by atoms with E-state index in [1.807, 2.05) is 65.4 Å². The maximum atomic E-state index is 14.0. The first-order chi connectivity index (χ1) is 29.2. The summed E-state index contributed by atoms with van der Waals surface area (Å²) in [6, 6.07) is 22.6. The minimum absolute atomic E-state index is 0.157. The van der Waals surface area contributed by atoms with Crippen LogP contribution in [-0.4, -0.2) is 96.0 Å². The number of carbonyl (C=O) groups excluding carboxylic acids is 3. The fourth-order valence-electron chi connectivity index (χ4n) is 8.47. The Morgan fingerprint density at radius 2 is 1.70 bits per heavy atom. The van der Waals surface area contributed by atoms with E-state index in [2.05, 4.69) is 42.0 Å². The number of aromatic amines is 1. The Morgan fingerprint density at radius 3 is 2.50 bits per heavy atom. The van der Waals surface area contributed by atoms with Gasteiger partial charge in [0.1, 0.15) is 30.0 Å². The molecule has 1 unspecified atom stereocenters. The van der Waals surface area contributed by atoms with Crippen LogP contribution in [0.15, 0.2) is 85.1 Å². The molecule has 0 saturated carbocycles. The fraction of sp³-hybridized carbons (Fsp3) is 0.333. The number of imide groups is 1. The quantitative estimate of drug-likeness (QED) is 0.103. The average Bonchev–Trinajstić information content (AvgIpc) is 3.84. The monoisotopic (exact) mass is 816 g/mol. The normalized spacial score (nSPS) is 17.9. The third kappa shape index (κ3) is 8.68. The lowest BCUT2D eigenvalue weighted by molar-refractivity contribution is -0.135. The predicted octanol–water partition coefficient (Wildman–Crippen LogP) is 6.41. The summed E-state index contributed by atoms with van der Waals surface area (Å²) < 4.78 is 41.4. The van der Waals surface area contributed by atoms with E-state index >= 15 is 0 Å². The standard InChI is InChI=1S/C45H46F2N8O5/c46-31-22-29(23-32(47)26-31)21-28-1-5-38-37(24-28)43(52-51-38)50-44(57)36-4-2-34(27-39(36)48-33-10-18-59-19-11-33)54-15-13-53(14-16-54)17-20-60-35-3-6-40-30(25-35)9-12-55(40)41-7-8-42(56)49-45(41)58/h1-6,9,12,22-27,33,41,48H,7-8,10-11,13-21H2,(H,49,56,58)(H2,50,51,52,57). The first-order valence-corrected chi connectivity index (χ1v) is 20.5.